The van der Waals surface area contributed by atoms with Gasteiger partial charge in [0.2, 0.25) is 5.95 Å². The molecule has 0 fully saturated rings. The minimum Gasteiger partial charge on any atom is -0.480 e. The monoisotopic (exact) mass is 397 g/mol. The van der Waals surface area contributed by atoms with E-state index >= 15 is 4.39 Å². The van der Waals surface area contributed by atoms with Gasteiger partial charge in [-0.2, -0.15) is 10.1 Å². The number of nitrogens with zero attached hydrogens (tertiary/aromatic N) is 4. The Morgan fingerprint density at radius 3 is 2.63 bits per heavy atom. The molecule has 6 rings (SSSR count). The van der Waals surface area contributed by atoms with E-state index in [2.05, 4.69) is 20.4 Å². The van der Waals surface area contributed by atoms with E-state index in [1.54, 1.807) is 29.2 Å². The van der Waals surface area contributed by atoms with Crippen LogP contribution < -0.4 is 10.1 Å². The highest BCUT2D eigenvalue weighted by atomic mass is 19.1. The molecule has 0 saturated carbocycles. The van der Waals surface area contributed by atoms with Gasteiger partial charge in [-0.3, -0.25) is 4.98 Å². The molecule has 4 aromatic rings. The van der Waals surface area contributed by atoms with Crippen molar-refractivity contribution in [1.29, 1.82) is 0 Å². The number of anilines is 1. The van der Waals surface area contributed by atoms with Gasteiger partial charge >= 0.3 is 0 Å². The number of halogens is 1. The van der Waals surface area contributed by atoms with Crippen LogP contribution >= 0.6 is 0 Å². The third-order valence-corrected chi connectivity index (χ3v) is 5.53. The van der Waals surface area contributed by atoms with Crippen LogP contribution in [0.25, 0.3) is 5.70 Å². The summed E-state index contributed by atoms with van der Waals surface area (Å²) in [4.78, 5) is 8.49. The van der Waals surface area contributed by atoms with Crippen LogP contribution in [0.3, 0.4) is 0 Å². The van der Waals surface area contributed by atoms with E-state index in [1.165, 1.54) is 12.4 Å². The summed E-state index contributed by atoms with van der Waals surface area (Å²) in [5, 5.41) is 7.81. The number of aromatic nitrogens is 4. The van der Waals surface area contributed by atoms with Gasteiger partial charge in [-0.05, 0) is 35.9 Å². The molecule has 2 aromatic heterocycles. The zero-order chi connectivity index (χ0) is 20.1. The molecular weight excluding hydrogens is 381 g/mol. The van der Waals surface area contributed by atoms with Gasteiger partial charge in [0.1, 0.15) is 30.0 Å². The van der Waals surface area contributed by atoms with Gasteiger partial charge in [-0.1, -0.05) is 30.3 Å². The lowest BCUT2D eigenvalue weighted by molar-refractivity contribution is 0.222. The van der Waals surface area contributed by atoms with Crippen LogP contribution in [0.2, 0.25) is 0 Å². The molecule has 2 aromatic carbocycles. The van der Waals surface area contributed by atoms with Gasteiger partial charge < -0.3 is 10.1 Å². The van der Waals surface area contributed by atoms with E-state index in [-0.39, 0.29) is 5.82 Å². The third kappa shape index (κ3) is 2.45. The van der Waals surface area contributed by atoms with Crippen molar-refractivity contribution in [1.82, 2.24) is 19.7 Å². The second kappa shape index (κ2) is 6.52. The number of pyridine rings is 1. The number of ether oxygens (including phenoxy) is 1. The summed E-state index contributed by atoms with van der Waals surface area (Å²) in [6.45, 7) is 0. The predicted molar refractivity (Wildman–Crippen MR) is 109 cm³/mol. The molecular formula is C23H16FN5O. The maximum Gasteiger partial charge on any atom is 0.226 e. The largest absolute Gasteiger partial charge is 0.480 e. The van der Waals surface area contributed by atoms with Gasteiger partial charge in [0.15, 0.2) is 0 Å². The molecule has 2 atom stereocenters. The average Bonchev–Trinajstić information content (AvgIpc) is 3.27. The van der Waals surface area contributed by atoms with Gasteiger partial charge in [-0.25, -0.2) is 9.07 Å². The van der Waals surface area contributed by atoms with E-state index < -0.39 is 12.1 Å². The lowest BCUT2D eigenvalue weighted by Crippen LogP contribution is -2.32. The first-order chi connectivity index (χ1) is 14.8. The van der Waals surface area contributed by atoms with Gasteiger partial charge in [0, 0.05) is 29.1 Å². The number of nitrogens with one attached hydrogen (secondary N) is 1. The molecule has 30 heavy (non-hydrogen) atoms. The molecule has 7 heteroatoms. The fourth-order valence-electron chi connectivity index (χ4n) is 4.23. The van der Waals surface area contributed by atoms with E-state index in [9.17, 15) is 0 Å². The Morgan fingerprint density at radius 1 is 0.967 bits per heavy atom. The molecule has 146 valence electrons. The first kappa shape index (κ1) is 16.9. The Hall–Kier alpha value is -4.00. The minimum atomic E-state index is -0.508. The molecule has 4 heterocycles. The second-order valence-electron chi connectivity index (χ2n) is 7.18. The smallest absolute Gasteiger partial charge is 0.226 e. The fraction of sp³-hybridized carbons (Fsp3) is 0.0870. The summed E-state index contributed by atoms with van der Waals surface area (Å²) in [6, 6.07) is 17.9. The van der Waals surface area contributed by atoms with Crippen LogP contribution in [0.5, 0.6) is 5.75 Å². The van der Waals surface area contributed by atoms with E-state index in [4.69, 9.17) is 4.74 Å². The topological polar surface area (TPSA) is 64.9 Å². The normalized spacial score (nSPS) is 19.2. The average molecular weight is 397 g/mol. The maximum atomic E-state index is 15.0. The predicted octanol–water partition coefficient (Wildman–Crippen LogP) is 4.37. The fourth-order valence-corrected chi connectivity index (χ4v) is 4.23. The van der Waals surface area contributed by atoms with Gasteiger partial charge in [0.25, 0.3) is 0 Å². The van der Waals surface area contributed by atoms with Crippen LogP contribution in [-0.2, 0) is 0 Å². The summed E-state index contributed by atoms with van der Waals surface area (Å²) in [6.07, 6.45) is 4.50. The van der Waals surface area contributed by atoms with Crippen molar-refractivity contribution in [3.05, 3.63) is 107 Å². The van der Waals surface area contributed by atoms with Crippen molar-refractivity contribution in [3.63, 3.8) is 0 Å². The Labute approximate surface area is 171 Å². The summed E-state index contributed by atoms with van der Waals surface area (Å²) in [5.74, 6) is 1.02. The molecule has 0 spiro atoms. The SMILES string of the molecule is Fc1ccccc1[C@H]1C2=C(Nc3ncnn31)c1ccccc1O[C@@H]2c1ccncc1. The number of hydrogen-bond donors (Lipinski definition) is 1. The van der Waals surface area contributed by atoms with E-state index in [1.807, 2.05) is 42.5 Å². The molecule has 0 unspecified atom stereocenters. The standard InChI is InChI=1S/C23H16FN5O/c24-17-7-3-1-5-15(17)21-19-20(28-23-26-13-27-29(21)23)16-6-2-4-8-18(16)30-22(19)14-9-11-25-12-10-14/h1-13,21-22H,(H,26,27,28)/t21-,22+/m0/s1. The molecule has 0 aliphatic carbocycles. The van der Waals surface area contributed by atoms with E-state index in [0.29, 0.717) is 11.5 Å². The zero-order valence-electron chi connectivity index (χ0n) is 15.7. The van der Waals surface area contributed by atoms with Crippen LogP contribution in [-0.4, -0.2) is 19.7 Å². The molecule has 0 bridgehead atoms. The summed E-state index contributed by atoms with van der Waals surface area (Å²) in [5.41, 5.74) is 4.10. The Balaban J connectivity index is 1.66. The molecule has 0 amide bonds. The highest BCUT2D eigenvalue weighted by Crippen LogP contribution is 2.50. The molecule has 2 aliphatic heterocycles. The number of para-hydroxylation sites is 1. The van der Waals surface area contributed by atoms with Crippen molar-refractivity contribution in [2.75, 3.05) is 5.32 Å². The molecule has 1 N–H and O–H groups in total. The van der Waals surface area contributed by atoms with Crippen molar-refractivity contribution in [2.24, 2.45) is 0 Å². The first-order valence-electron chi connectivity index (χ1n) is 9.62. The number of hydrogen-bond acceptors (Lipinski definition) is 5. The maximum absolute atomic E-state index is 15.0. The van der Waals surface area contributed by atoms with Crippen LogP contribution in [0, 0.1) is 5.82 Å². The van der Waals surface area contributed by atoms with Gasteiger partial charge in [0.05, 0.1) is 5.70 Å². The number of fused-ring (bicyclic) bond motifs is 3. The van der Waals surface area contributed by atoms with Crippen molar-refractivity contribution in [2.45, 2.75) is 12.1 Å². The summed E-state index contributed by atoms with van der Waals surface area (Å²) < 4.78 is 23.2. The lowest BCUT2D eigenvalue weighted by atomic mass is 9.84. The Bertz CT molecular complexity index is 1280. The first-order valence-corrected chi connectivity index (χ1v) is 9.62. The van der Waals surface area contributed by atoms with E-state index in [0.717, 1.165) is 28.1 Å². The quantitative estimate of drug-likeness (QED) is 0.544. The third-order valence-electron chi connectivity index (χ3n) is 5.53. The highest BCUT2D eigenvalue weighted by Gasteiger charge is 2.41. The second-order valence-corrected chi connectivity index (χ2v) is 7.18. The minimum absolute atomic E-state index is 0.301. The molecule has 0 radical (unpaired) electrons. The van der Waals surface area contributed by atoms with Gasteiger partial charge in [-0.15, -0.1) is 0 Å². The van der Waals surface area contributed by atoms with Crippen molar-refractivity contribution >= 4 is 11.6 Å². The number of benzene rings is 2. The van der Waals surface area contributed by atoms with Crippen LogP contribution in [0.1, 0.15) is 28.8 Å². The van der Waals surface area contributed by atoms with Crippen molar-refractivity contribution < 1.29 is 9.13 Å². The van der Waals surface area contributed by atoms with Crippen molar-refractivity contribution in [3.8, 4) is 5.75 Å². The summed E-state index contributed by atoms with van der Waals surface area (Å²) in [7, 11) is 0. The summed E-state index contributed by atoms with van der Waals surface area (Å²) >= 11 is 0. The highest BCUT2D eigenvalue weighted by molar-refractivity contribution is 5.85. The zero-order valence-corrected chi connectivity index (χ0v) is 15.7. The molecule has 0 saturated heterocycles. The Morgan fingerprint density at radius 2 is 1.77 bits per heavy atom. The van der Waals surface area contributed by atoms with Crippen LogP contribution in [0.15, 0.2) is 85.0 Å². The number of rotatable bonds is 2. The Kier molecular flexibility index (Phi) is 3.67. The molecule has 2 aliphatic rings. The lowest BCUT2D eigenvalue weighted by Gasteiger charge is -2.38. The molecule has 6 nitrogen and oxygen atoms in total. The van der Waals surface area contributed by atoms with Crippen LogP contribution in [0.4, 0.5) is 10.3 Å².